The minimum Gasteiger partial charge on any atom is -0.309 e. The summed E-state index contributed by atoms with van der Waals surface area (Å²) in [5.74, 6) is 0. The van der Waals surface area contributed by atoms with Crippen molar-refractivity contribution in [3.05, 3.63) is 253 Å². The maximum absolute atomic E-state index is 2.51. The number of para-hydroxylation sites is 3. The monoisotopic (exact) mass is 838 g/mol. The van der Waals surface area contributed by atoms with Gasteiger partial charge in [0.2, 0.25) is 0 Å². The molecule has 4 heteroatoms. The van der Waals surface area contributed by atoms with E-state index >= 15 is 0 Å². The molecule has 63 heavy (non-hydrogen) atoms. The molecule has 13 rings (SSSR count). The lowest BCUT2D eigenvalue weighted by Crippen LogP contribution is -2.32. The van der Waals surface area contributed by atoms with E-state index in [2.05, 4.69) is 240 Å². The Bertz CT molecular complexity index is 3480. The highest BCUT2D eigenvalue weighted by atomic mass is 32.2. The minimum absolute atomic E-state index is 0.512. The molecule has 0 amide bonds. The summed E-state index contributed by atoms with van der Waals surface area (Å²) in [6.07, 6.45) is 0. The van der Waals surface area contributed by atoms with Gasteiger partial charge in [0.15, 0.2) is 0 Å². The van der Waals surface area contributed by atoms with Crippen LogP contribution in [0.25, 0.3) is 42.1 Å². The molecule has 296 valence electrons. The molecule has 0 fully saturated rings. The van der Waals surface area contributed by atoms with Gasteiger partial charge in [0, 0.05) is 43.3 Å². The standard InChI is InChI=1S/C59H38N2S2/c1-4-20-41(21-5-1)60(42-22-6-2-7-23-42)53-32-16-28-47-48-29-17-33-54(58(48)63-57(47)53)61(43-24-8-3-9-25-43)44-34-35-55-52(38-44)59(51-36-39-18-10-11-19-40(39)37-56(51)62-55)49-30-14-12-26-45(49)46-27-13-15-31-50(46)59/h1-38H. The summed E-state index contributed by atoms with van der Waals surface area (Å²) >= 11 is 3.79. The van der Waals surface area contributed by atoms with Crippen molar-refractivity contribution >= 4 is 88.2 Å². The van der Waals surface area contributed by atoms with Gasteiger partial charge in [0.1, 0.15) is 0 Å². The van der Waals surface area contributed by atoms with E-state index in [9.17, 15) is 0 Å². The summed E-state index contributed by atoms with van der Waals surface area (Å²) in [6.45, 7) is 0. The van der Waals surface area contributed by atoms with E-state index in [1.165, 1.54) is 79.8 Å². The smallest absolute Gasteiger partial charge is 0.0736 e. The van der Waals surface area contributed by atoms with E-state index in [0.717, 1.165) is 28.4 Å². The van der Waals surface area contributed by atoms with Gasteiger partial charge in [0.05, 0.1) is 26.2 Å². The zero-order valence-corrected chi connectivity index (χ0v) is 35.8. The normalized spacial score (nSPS) is 13.1. The van der Waals surface area contributed by atoms with E-state index in [1.807, 2.05) is 23.1 Å². The predicted octanol–water partition coefficient (Wildman–Crippen LogP) is 17.0. The van der Waals surface area contributed by atoms with Gasteiger partial charge in [-0.1, -0.05) is 163 Å². The zero-order valence-electron chi connectivity index (χ0n) is 34.2. The molecule has 0 radical (unpaired) electrons. The molecule has 1 spiro atoms. The highest BCUT2D eigenvalue weighted by molar-refractivity contribution is 7.99. The molecule has 1 aliphatic heterocycles. The van der Waals surface area contributed by atoms with E-state index in [1.54, 1.807) is 0 Å². The number of rotatable bonds is 6. The fraction of sp³-hybridized carbons (Fsp3) is 0.0169. The molecular weight excluding hydrogens is 801 g/mol. The molecule has 2 heterocycles. The maximum atomic E-state index is 2.51. The first-order valence-corrected chi connectivity index (χ1v) is 23.1. The molecule has 0 bridgehead atoms. The Kier molecular flexibility index (Phi) is 8.27. The highest BCUT2D eigenvalue weighted by Gasteiger charge is 2.50. The van der Waals surface area contributed by atoms with Crippen LogP contribution in [0.5, 0.6) is 0 Å². The lowest BCUT2D eigenvalue weighted by molar-refractivity contribution is 0.724. The lowest BCUT2D eigenvalue weighted by Gasteiger charge is -2.40. The Morgan fingerprint density at radius 3 is 1.33 bits per heavy atom. The molecular formula is C59H38N2S2. The number of hydrogen-bond donors (Lipinski definition) is 0. The van der Waals surface area contributed by atoms with Crippen LogP contribution in [0.3, 0.4) is 0 Å². The van der Waals surface area contributed by atoms with E-state index in [0.29, 0.717) is 0 Å². The van der Waals surface area contributed by atoms with Crippen molar-refractivity contribution in [3.63, 3.8) is 0 Å². The summed E-state index contributed by atoms with van der Waals surface area (Å²) < 4.78 is 2.50. The molecule has 11 aromatic rings. The first-order chi connectivity index (χ1) is 31.3. The molecule has 0 saturated heterocycles. The second kappa shape index (κ2) is 14.4. The third-order valence-electron chi connectivity index (χ3n) is 13.1. The Hall–Kier alpha value is -7.37. The fourth-order valence-corrected chi connectivity index (χ4v) is 13.0. The average Bonchev–Trinajstić information content (AvgIpc) is 3.88. The first kappa shape index (κ1) is 36.3. The zero-order chi connectivity index (χ0) is 41.5. The van der Waals surface area contributed by atoms with Gasteiger partial charge >= 0.3 is 0 Å². The predicted molar refractivity (Wildman–Crippen MR) is 268 cm³/mol. The second-order valence-electron chi connectivity index (χ2n) is 16.4. The van der Waals surface area contributed by atoms with Crippen LogP contribution in [0.4, 0.5) is 34.1 Å². The van der Waals surface area contributed by atoms with Gasteiger partial charge in [-0.3, -0.25) is 0 Å². The summed E-state index contributed by atoms with van der Waals surface area (Å²) in [4.78, 5) is 7.48. The number of hydrogen-bond acceptors (Lipinski definition) is 4. The van der Waals surface area contributed by atoms with Gasteiger partial charge < -0.3 is 9.80 Å². The summed E-state index contributed by atoms with van der Waals surface area (Å²) in [6, 6.07) is 85.2. The van der Waals surface area contributed by atoms with Crippen LogP contribution in [0.1, 0.15) is 22.3 Å². The Labute approximate surface area is 375 Å². The van der Waals surface area contributed by atoms with Gasteiger partial charge in [-0.15, -0.1) is 11.3 Å². The minimum atomic E-state index is -0.512. The Morgan fingerprint density at radius 2 is 0.778 bits per heavy atom. The lowest BCUT2D eigenvalue weighted by atomic mass is 9.67. The third-order valence-corrected chi connectivity index (χ3v) is 15.5. The van der Waals surface area contributed by atoms with Gasteiger partial charge in [-0.05, 0) is 123 Å². The van der Waals surface area contributed by atoms with Gasteiger partial charge in [0.25, 0.3) is 0 Å². The van der Waals surface area contributed by atoms with Crippen molar-refractivity contribution in [2.24, 2.45) is 0 Å². The third kappa shape index (κ3) is 5.45. The average molecular weight is 839 g/mol. The van der Waals surface area contributed by atoms with Crippen LogP contribution >= 0.6 is 23.1 Å². The van der Waals surface area contributed by atoms with Crippen LogP contribution in [-0.2, 0) is 5.41 Å². The van der Waals surface area contributed by atoms with Crippen molar-refractivity contribution in [2.75, 3.05) is 9.80 Å². The second-order valence-corrected chi connectivity index (χ2v) is 18.5. The number of benzene rings is 10. The van der Waals surface area contributed by atoms with Crippen LogP contribution < -0.4 is 9.80 Å². The van der Waals surface area contributed by atoms with Crippen LogP contribution in [0.2, 0.25) is 0 Å². The highest BCUT2D eigenvalue weighted by Crippen LogP contribution is 2.63. The summed E-state index contributed by atoms with van der Waals surface area (Å²) in [5, 5.41) is 5.03. The first-order valence-electron chi connectivity index (χ1n) is 21.5. The molecule has 2 nitrogen and oxygen atoms in total. The number of nitrogens with zero attached hydrogens (tertiary/aromatic N) is 2. The SMILES string of the molecule is c1ccc(N(c2ccccc2)c2cccc3c2sc2c(N(c4ccccc4)c4ccc5c(c4)C4(c6cc7ccccc7cc6S5)c5ccccc5-c5ccccc54)cccc23)cc1. The van der Waals surface area contributed by atoms with Crippen molar-refractivity contribution in [1.29, 1.82) is 0 Å². The molecule has 1 aliphatic carbocycles. The largest absolute Gasteiger partial charge is 0.309 e. The molecule has 0 atom stereocenters. The van der Waals surface area contributed by atoms with Crippen molar-refractivity contribution in [1.82, 2.24) is 0 Å². The topological polar surface area (TPSA) is 6.48 Å². The number of thiophene rings is 1. The van der Waals surface area contributed by atoms with E-state index < -0.39 is 5.41 Å². The molecule has 10 aromatic carbocycles. The Morgan fingerprint density at radius 1 is 0.317 bits per heavy atom. The van der Waals surface area contributed by atoms with Crippen molar-refractivity contribution < 1.29 is 0 Å². The van der Waals surface area contributed by atoms with Gasteiger partial charge in [-0.25, -0.2) is 0 Å². The van der Waals surface area contributed by atoms with Crippen LogP contribution in [-0.4, -0.2) is 0 Å². The van der Waals surface area contributed by atoms with Crippen LogP contribution in [0.15, 0.2) is 240 Å². The molecule has 0 saturated carbocycles. The Balaban J connectivity index is 1.06. The van der Waals surface area contributed by atoms with Gasteiger partial charge in [-0.2, -0.15) is 0 Å². The summed E-state index contributed by atoms with van der Waals surface area (Å²) in [7, 11) is 0. The molecule has 0 unspecified atom stereocenters. The fourth-order valence-electron chi connectivity index (χ4n) is 10.4. The van der Waals surface area contributed by atoms with E-state index in [4.69, 9.17) is 0 Å². The van der Waals surface area contributed by atoms with Crippen molar-refractivity contribution in [3.8, 4) is 11.1 Å². The number of anilines is 6. The quantitative estimate of drug-likeness (QED) is 0.165. The molecule has 2 aliphatic rings. The van der Waals surface area contributed by atoms with Crippen molar-refractivity contribution in [2.45, 2.75) is 15.2 Å². The van der Waals surface area contributed by atoms with E-state index in [-0.39, 0.29) is 0 Å². The molecule has 0 N–H and O–H groups in total. The molecule has 1 aromatic heterocycles. The number of fused-ring (bicyclic) bond motifs is 13. The van der Waals surface area contributed by atoms with Crippen LogP contribution in [0, 0.1) is 0 Å². The summed E-state index contributed by atoms with van der Waals surface area (Å²) in [5.41, 5.74) is 14.3. The maximum Gasteiger partial charge on any atom is 0.0736 e.